The van der Waals surface area contributed by atoms with Gasteiger partial charge in [0, 0.05) is 5.33 Å². The van der Waals surface area contributed by atoms with Crippen molar-refractivity contribution in [3.05, 3.63) is 23.8 Å². The first-order valence-corrected chi connectivity index (χ1v) is 7.48. The lowest BCUT2D eigenvalue weighted by Gasteiger charge is -2.15. The molecule has 0 aromatic heterocycles. The van der Waals surface area contributed by atoms with Gasteiger partial charge in [-0.2, -0.15) is 13.2 Å². The Kier molecular flexibility index (Phi) is 6.35. The van der Waals surface area contributed by atoms with Crippen molar-refractivity contribution >= 4 is 27.7 Å². The summed E-state index contributed by atoms with van der Waals surface area (Å²) in [5.74, 6) is 0.312. The Labute approximate surface area is 117 Å². The number of halogens is 4. The molecular weight excluding hydrogens is 329 g/mol. The molecule has 6 heteroatoms. The maximum absolute atomic E-state index is 12.6. The largest absolute Gasteiger partial charge is 0.493 e. The molecule has 102 valence electrons. The summed E-state index contributed by atoms with van der Waals surface area (Å²) in [7, 11) is 0. The van der Waals surface area contributed by atoms with Crippen molar-refractivity contribution in [2.45, 2.75) is 30.2 Å². The van der Waals surface area contributed by atoms with E-state index in [9.17, 15) is 13.2 Å². The van der Waals surface area contributed by atoms with Crippen molar-refractivity contribution in [3.63, 3.8) is 0 Å². The van der Waals surface area contributed by atoms with E-state index in [1.54, 1.807) is 25.1 Å². The average Bonchev–Trinajstić information content (AvgIpc) is 2.28. The van der Waals surface area contributed by atoms with E-state index < -0.39 is 5.51 Å². The number of rotatable bonds is 6. The Morgan fingerprint density at radius 3 is 2.61 bits per heavy atom. The summed E-state index contributed by atoms with van der Waals surface area (Å²) in [6.07, 6.45) is 1.39. The van der Waals surface area contributed by atoms with E-state index in [0.29, 0.717) is 24.3 Å². The smallest absolute Gasteiger partial charge is 0.446 e. The second-order valence-electron chi connectivity index (χ2n) is 3.52. The highest BCUT2D eigenvalue weighted by Crippen LogP contribution is 2.43. The first kappa shape index (κ1) is 15.7. The van der Waals surface area contributed by atoms with Crippen LogP contribution in [0.2, 0.25) is 0 Å². The van der Waals surface area contributed by atoms with Crippen molar-refractivity contribution in [1.29, 1.82) is 0 Å². The topological polar surface area (TPSA) is 9.23 Å². The summed E-state index contributed by atoms with van der Waals surface area (Å²) in [5, 5.41) is 0.766. The Hall–Kier alpha value is -0.360. The molecule has 0 heterocycles. The van der Waals surface area contributed by atoms with Gasteiger partial charge in [0.15, 0.2) is 0 Å². The zero-order valence-corrected chi connectivity index (χ0v) is 12.3. The number of alkyl halides is 4. The molecule has 1 nitrogen and oxygen atoms in total. The van der Waals surface area contributed by atoms with Gasteiger partial charge in [-0.15, -0.1) is 0 Å². The fourth-order valence-electron chi connectivity index (χ4n) is 1.52. The average molecular weight is 343 g/mol. The number of hydrogen-bond donors (Lipinski definition) is 0. The molecule has 18 heavy (non-hydrogen) atoms. The summed E-state index contributed by atoms with van der Waals surface area (Å²) in [6.45, 7) is 2.11. The van der Waals surface area contributed by atoms with Crippen LogP contribution in [0.3, 0.4) is 0 Å². The van der Waals surface area contributed by atoms with Crippen molar-refractivity contribution < 1.29 is 17.9 Å². The van der Waals surface area contributed by atoms with Crippen LogP contribution in [-0.2, 0) is 6.42 Å². The molecule has 1 rings (SSSR count). The van der Waals surface area contributed by atoms with Gasteiger partial charge in [0.05, 0.1) is 11.5 Å². The van der Waals surface area contributed by atoms with Gasteiger partial charge in [0.2, 0.25) is 0 Å². The van der Waals surface area contributed by atoms with Crippen LogP contribution in [0.15, 0.2) is 23.1 Å². The van der Waals surface area contributed by atoms with Crippen LogP contribution < -0.4 is 4.74 Å². The molecule has 0 atom stereocenters. The van der Waals surface area contributed by atoms with Gasteiger partial charge in [-0.25, -0.2) is 0 Å². The SMILES string of the molecule is CCOc1cccc(CCCBr)c1SC(F)(F)F. The molecule has 0 unspecified atom stereocenters. The van der Waals surface area contributed by atoms with Gasteiger partial charge in [0.1, 0.15) is 5.75 Å². The van der Waals surface area contributed by atoms with Gasteiger partial charge >= 0.3 is 5.51 Å². The van der Waals surface area contributed by atoms with Crippen LogP contribution in [0, 0.1) is 0 Å². The predicted octanol–water partition coefficient (Wildman–Crippen LogP) is 5.02. The molecule has 0 spiro atoms. The Morgan fingerprint density at radius 1 is 1.33 bits per heavy atom. The molecular formula is C12H14BrF3OS. The molecule has 0 aliphatic carbocycles. The van der Waals surface area contributed by atoms with Crippen LogP contribution in [0.1, 0.15) is 18.9 Å². The fourth-order valence-corrected chi connectivity index (χ4v) is 2.56. The number of aryl methyl sites for hydroxylation is 1. The molecule has 0 radical (unpaired) electrons. The van der Waals surface area contributed by atoms with Crippen LogP contribution in [0.25, 0.3) is 0 Å². The molecule has 0 saturated carbocycles. The maximum atomic E-state index is 12.6. The molecule has 0 amide bonds. The van der Waals surface area contributed by atoms with E-state index in [1.807, 2.05) is 0 Å². The van der Waals surface area contributed by atoms with Gasteiger partial charge in [-0.05, 0) is 43.2 Å². The third-order valence-electron chi connectivity index (χ3n) is 2.16. The van der Waals surface area contributed by atoms with E-state index in [-0.39, 0.29) is 16.7 Å². The predicted molar refractivity (Wildman–Crippen MR) is 71.6 cm³/mol. The number of hydrogen-bond acceptors (Lipinski definition) is 2. The minimum Gasteiger partial charge on any atom is -0.493 e. The number of ether oxygens (including phenoxy) is 1. The third-order valence-corrected chi connectivity index (χ3v) is 3.62. The molecule has 0 fully saturated rings. The molecule has 1 aromatic rings. The highest BCUT2D eigenvalue weighted by Gasteiger charge is 2.32. The first-order valence-electron chi connectivity index (χ1n) is 5.54. The van der Waals surface area contributed by atoms with Crippen molar-refractivity contribution in [3.8, 4) is 5.75 Å². The molecule has 0 saturated heterocycles. The fraction of sp³-hybridized carbons (Fsp3) is 0.500. The lowest BCUT2D eigenvalue weighted by Crippen LogP contribution is -2.04. The quantitative estimate of drug-likeness (QED) is 0.530. The second-order valence-corrected chi connectivity index (χ2v) is 5.39. The molecule has 0 N–H and O–H groups in total. The molecule has 1 aromatic carbocycles. The molecule has 0 aliphatic heterocycles. The standard InChI is InChI=1S/C12H14BrF3OS/c1-2-17-10-7-3-5-9(6-4-8-13)11(10)18-12(14,15)16/h3,5,7H,2,4,6,8H2,1H3. The highest BCUT2D eigenvalue weighted by atomic mass is 79.9. The summed E-state index contributed by atoms with van der Waals surface area (Å²) >= 11 is 3.19. The van der Waals surface area contributed by atoms with Gasteiger partial charge < -0.3 is 4.74 Å². The van der Waals surface area contributed by atoms with Crippen LogP contribution in [-0.4, -0.2) is 17.4 Å². The Balaban J connectivity index is 3.03. The van der Waals surface area contributed by atoms with Gasteiger partial charge in [-0.1, -0.05) is 28.1 Å². The Morgan fingerprint density at radius 2 is 2.06 bits per heavy atom. The van der Waals surface area contributed by atoms with Gasteiger partial charge in [-0.3, -0.25) is 0 Å². The number of benzene rings is 1. The summed E-state index contributed by atoms with van der Waals surface area (Å²) in [5.41, 5.74) is -3.61. The molecule has 0 bridgehead atoms. The zero-order valence-electron chi connectivity index (χ0n) is 9.89. The van der Waals surface area contributed by atoms with Crippen molar-refractivity contribution in [2.75, 3.05) is 11.9 Å². The van der Waals surface area contributed by atoms with E-state index in [2.05, 4.69) is 15.9 Å². The van der Waals surface area contributed by atoms with Gasteiger partial charge in [0.25, 0.3) is 0 Å². The summed E-state index contributed by atoms with van der Waals surface area (Å²) < 4.78 is 43.0. The first-order chi connectivity index (χ1) is 8.48. The lowest BCUT2D eigenvalue weighted by atomic mass is 10.1. The third kappa shape index (κ3) is 5.10. The second kappa shape index (κ2) is 7.28. The van der Waals surface area contributed by atoms with Crippen molar-refractivity contribution in [1.82, 2.24) is 0 Å². The summed E-state index contributed by atoms with van der Waals surface area (Å²) in [6, 6.07) is 5.03. The molecule has 0 aliphatic rings. The van der Waals surface area contributed by atoms with Crippen LogP contribution >= 0.6 is 27.7 Å². The maximum Gasteiger partial charge on any atom is 0.446 e. The van der Waals surface area contributed by atoms with Crippen LogP contribution in [0.5, 0.6) is 5.75 Å². The van der Waals surface area contributed by atoms with E-state index in [4.69, 9.17) is 4.74 Å². The van der Waals surface area contributed by atoms with E-state index in [1.165, 1.54) is 0 Å². The Bertz CT molecular complexity index is 382. The summed E-state index contributed by atoms with van der Waals surface area (Å²) in [4.78, 5) is 0.188. The number of thioether (sulfide) groups is 1. The lowest BCUT2D eigenvalue weighted by molar-refractivity contribution is -0.0329. The zero-order chi connectivity index (χ0) is 13.6. The monoisotopic (exact) mass is 342 g/mol. The van der Waals surface area contributed by atoms with E-state index >= 15 is 0 Å². The van der Waals surface area contributed by atoms with Crippen LogP contribution in [0.4, 0.5) is 13.2 Å². The highest BCUT2D eigenvalue weighted by molar-refractivity contribution is 9.09. The van der Waals surface area contributed by atoms with Crippen molar-refractivity contribution in [2.24, 2.45) is 0 Å². The minimum absolute atomic E-state index is 0.0959. The minimum atomic E-state index is -4.30. The normalized spacial score (nSPS) is 11.6. The van der Waals surface area contributed by atoms with E-state index in [0.717, 1.165) is 11.8 Å².